The molecule has 1 aliphatic rings. The zero-order valence-corrected chi connectivity index (χ0v) is 16.5. The van der Waals surface area contributed by atoms with Crippen LogP contribution in [0.5, 0.6) is 0 Å². The number of carbonyl (C=O) groups excluding carboxylic acids is 1. The van der Waals surface area contributed by atoms with Crippen LogP contribution in [0, 0.1) is 13.8 Å². The van der Waals surface area contributed by atoms with Gasteiger partial charge in [0, 0.05) is 12.1 Å². The van der Waals surface area contributed by atoms with E-state index < -0.39 is 0 Å². The predicted molar refractivity (Wildman–Crippen MR) is 107 cm³/mol. The molecule has 0 fully saturated rings. The Morgan fingerprint density at radius 2 is 1.89 bits per heavy atom. The maximum Gasteiger partial charge on any atom is 0.295 e. The summed E-state index contributed by atoms with van der Waals surface area (Å²) in [6, 6.07) is 7.88. The van der Waals surface area contributed by atoms with Gasteiger partial charge in [-0.1, -0.05) is 16.5 Å². The van der Waals surface area contributed by atoms with Crippen molar-refractivity contribution >= 4 is 33.3 Å². The molecular formula is C20H19N5O2S. The molecule has 0 radical (unpaired) electrons. The van der Waals surface area contributed by atoms with Gasteiger partial charge < -0.3 is 9.84 Å². The highest BCUT2D eigenvalue weighted by atomic mass is 32.1. The zero-order valence-electron chi connectivity index (χ0n) is 15.7. The molecule has 8 heteroatoms. The number of nitrogens with zero attached hydrogens (tertiary/aromatic N) is 4. The van der Waals surface area contributed by atoms with E-state index in [9.17, 15) is 4.79 Å². The second-order valence-corrected chi connectivity index (χ2v) is 8.17. The van der Waals surface area contributed by atoms with Crippen molar-refractivity contribution in [1.82, 2.24) is 19.9 Å². The number of nitrogens with one attached hydrogen (secondary N) is 1. The average molecular weight is 393 g/mol. The van der Waals surface area contributed by atoms with Gasteiger partial charge in [-0.3, -0.25) is 4.79 Å². The van der Waals surface area contributed by atoms with Gasteiger partial charge in [0.2, 0.25) is 10.9 Å². The van der Waals surface area contributed by atoms with Crippen LogP contribution < -0.4 is 5.32 Å². The lowest BCUT2D eigenvalue weighted by Crippen LogP contribution is -2.14. The molecule has 1 aliphatic carbocycles. The monoisotopic (exact) mass is 393 g/mol. The Bertz CT molecular complexity index is 1160. The van der Waals surface area contributed by atoms with Crippen molar-refractivity contribution in [2.45, 2.75) is 39.5 Å². The quantitative estimate of drug-likeness (QED) is 0.563. The summed E-state index contributed by atoms with van der Waals surface area (Å²) >= 11 is 1.58. The molecule has 7 nitrogen and oxygen atoms in total. The largest absolute Gasteiger partial charge is 0.351 e. The van der Waals surface area contributed by atoms with Crippen LogP contribution in [0.2, 0.25) is 0 Å². The molecule has 5 rings (SSSR count). The summed E-state index contributed by atoms with van der Waals surface area (Å²) in [6.45, 7) is 3.66. The van der Waals surface area contributed by atoms with E-state index in [2.05, 4.69) is 27.7 Å². The fourth-order valence-electron chi connectivity index (χ4n) is 3.62. The number of hydrogen-bond acceptors (Lipinski definition) is 6. The summed E-state index contributed by atoms with van der Waals surface area (Å²) in [5, 5.41) is 11.9. The number of amides is 1. The molecule has 0 bridgehead atoms. The normalized spacial score (nSPS) is 13.6. The third kappa shape index (κ3) is 2.99. The molecule has 28 heavy (non-hydrogen) atoms. The maximum absolute atomic E-state index is 12.5. The minimum Gasteiger partial charge on any atom is -0.351 e. The summed E-state index contributed by atoms with van der Waals surface area (Å²) in [7, 11) is 0. The number of anilines is 1. The van der Waals surface area contributed by atoms with E-state index in [1.165, 1.54) is 24.0 Å². The third-order valence-corrected chi connectivity index (χ3v) is 5.94. The van der Waals surface area contributed by atoms with Crippen LogP contribution in [0.3, 0.4) is 0 Å². The molecule has 0 spiro atoms. The Morgan fingerprint density at radius 1 is 1.11 bits per heavy atom. The maximum atomic E-state index is 12.5. The number of aromatic nitrogens is 4. The molecule has 142 valence electrons. The summed E-state index contributed by atoms with van der Waals surface area (Å²) in [5.41, 5.74) is 5.27. The lowest BCUT2D eigenvalue weighted by molar-refractivity contribution is 0.0987. The molecule has 0 aliphatic heterocycles. The standard InChI is InChI=1S/C20H19N5O2S/c1-11-8-18(22-19(26)16-7-12(2)24-27-16)25(23-11)20-21-15-9-13-5-3-4-6-14(13)10-17(15)28-20/h7-10H,3-6H2,1-2H3,(H,22,26). The van der Waals surface area contributed by atoms with Crippen molar-refractivity contribution in [2.75, 3.05) is 5.32 Å². The van der Waals surface area contributed by atoms with Crippen molar-refractivity contribution in [2.24, 2.45) is 0 Å². The third-order valence-electron chi connectivity index (χ3n) is 4.95. The first kappa shape index (κ1) is 17.1. The second-order valence-electron chi connectivity index (χ2n) is 7.16. The number of rotatable bonds is 3. The van der Waals surface area contributed by atoms with E-state index in [0.717, 1.165) is 33.9 Å². The number of carbonyl (C=O) groups is 1. The highest BCUT2D eigenvalue weighted by molar-refractivity contribution is 7.20. The van der Waals surface area contributed by atoms with Gasteiger partial charge in [-0.25, -0.2) is 4.98 Å². The second kappa shape index (κ2) is 6.56. The molecule has 4 aromatic rings. The average Bonchev–Trinajstić information content (AvgIpc) is 3.37. The molecule has 0 unspecified atom stereocenters. The Kier molecular flexibility index (Phi) is 4.01. The zero-order chi connectivity index (χ0) is 19.3. The van der Waals surface area contributed by atoms with Crippen LogP contribution in [0.15, 0.2) is 28.8 Å². The van der Waals surface area contributed by atoms with Gasteiger partial charge in [-0.2, -0.15) is 9.78 Å². The fourth-order valence-corrected chi connectivity index (χ4v) is 4.59. The molecule has 3 heterocycles. The minimum absolute atomic E-state index is 0.167. The van der Waals surface area contributed by atoms with Crippen LogP contribution in [0.1, 0.15) is 45.9 Å². The topological polar surface area (TPSA) is 85.8 Å². The molecule has 3 aromatic heterocycles. The van der Waals surface area contributed by atoms with Gasteiger partial charge in [0.05, 0.1) is 21.6 Å². The first-order chi connectivity index (χ1) is 13.6. The number of aryl methyl sites for hydroxylation is 4. The number of fused-ring (bicyclic) bond motifs is 2. The van der Waals surface area contributed by atoms with Crippen LogP contribution in [-0.2, 0) is 12.8 Å². The van der Waals surface area contributed by atoms with Gasteiger partial charge in [-0.15, -0.1) is 0 Å². The summed E-state index contributed by atoms with van der Waals surface area (Å²) in [4.78, 5) is 17.2. The van der Waals surface area contributed by atoms with Crippen molar-refractivity contribution in [3.05, 3.63) is 52.5 Å². The Balaban J connectivity index is 1.52. The molecule has 0 saturated heterocycles. The van der Waals surface area contributed by atoms with Crippen molar-refractivity contribution in [3.8, 4) is 5.13 Å². The minimum atomic E-state index is -0.363. The van der Waals surface area contributed by atoms with Crippen LogP contribution in [0.4, 0.5) is 5.82 Å². The predicted octanol–water partition coefficient (Wildman–Crippen LogP) is 4.22. The van der Waals surface area contributed by atoms with E-state index in [-0.39, 0.29) is 11.7 Å². The van der Waals surface area contributed by atoms with Gasteiger partial charge in [0.1, 0.15) is 5.82 Å². The van der Waals surface area contributed by atoms with Crippen LogP contribution in [-0.4, -0.2) is 25.8 Å². The van der Waals surface area contributed by atoms with Crippen molar-refractivity contribution < 1.29 is 9.32 Å². The van der Waals surface area contributed by atoms with Gasteiger partial charge in [-0.05, 0) is 62.8 Å². The summed E-state index contributed by atoms with van der Waals surface area (Å²) in [5.74, 6) is 0.360. The van der Waals surface area contributed by atoms with E-state index >= 15 is 0 Å². The Labute approximate surface area is 165 Å². The summed E-state index contributed by atoms with van der Waals surface area (Å²) < 4.78 is 7.88. The molecule has 1 N–H and O–H groups in total. The van der Waals surface area contributed by atoms with Crippen LogP contribution in [0.25, 0.3) is 15.3 Å². The number of benzene rings is 1. The highest BCUT2D eigenvalue weighted by Crippen LogP contribution is 2.32. The molecule has 1 aromatic carbocycles. The number of thiazole rings is 1. The smallest absolute Gasteiger partial charge is 0.295 e. The van der Waals surface area contributed by atoms with E-state index in [1.807, 2.05) is 13.0 Å². The SMILES string of the molecule is Cc1cc(C(=O)Nc2cc(C)nn2-c2nc3cc4c(cc3s2)CCCC4)on1. The van der Waals surface area contributed by atoms with Gasteiger partial charge >= 0.3 is 0 Å². The molecule has 0 atom stereocenters. The lowest BCUT2D eigenvalue weighted by Gasteiger charge is -2.14. The van der Waals surface area contributed by atoms with Gasteiger partial charge in [0.25, 0.3) is 5.91 Å². The fraction of sp³-hybridized carbons (Fsp3) is 0.300. The molecule has 1 amide bonds. The summed E-state index contributed by atoms with van der Waals surface area (Å²) in [6.07, 6.45) is 4.75. The molecule has 0 saturated carbocycles. The first-order valence-corrected chi connectivity index (χ1v) is 10.1. The first-order valence-electron chi connectivity index (χ1n) is 9.31. The lowest BCUT2D eigenvalue weighted by atomic mass is 9.92. The molecular weight excluding hydrogens is 374 g/mol. The van der Waals surface area contributed by atoms with Gasteiger partial charge in [0.15, 0.2) is 0 Å². The van der Waals surface area contributed by atoms with Crippen LogP contribution >= 0.6 is 11.3 Å². The van der Waals surface area contributed by atoms with E-state index in [1.54, 1.807) is 29.0 Å². The van der Waals surface area contributed by atoms with E-state index in [4.69, 9.17) is 9.51 Å². The Morgan fingerprint density at radius 3 is 2.64 bits per heavy atom. The van der Waals surface area contributed by atoms with Crippen molar-refractivity contribution in [3.63, 3.8) is 0 Å². The van der Waals surface area contributed by atoms with E-state index in [0.29, 0.717) is 11.5 Å². The van der Waals surface area contributed by atoms with Crippen molar-refractivity contribution in [1.29, 1.82) is 0 Å². The Hall–Kier alpha value is -3.00. The number of hydrogen-bond donors (Lipinski definition) is 1. The highest BCUT2D eigenvalue weighted by Gasteiger charge is 2.19.